The van der Waals surface area contributed by atoms with Gasteiger partial charge in [0.15, 0.2) is 0 Å². The van der Waals surface area contributed by atoms with Crippen LogP contribution >= 0.6 is 0 Å². The largest absolute Gasteiger partial charge is 0.497 e. The SMILES string of the molecule is COCCNCc1cc(OC)ccc1OCCC(C)(C)O. The fourth-order valence-electron chi connectivity index (χ4n) is 1.77. The first-order valence-corrected chi connectivity index (χ1v) is 7.18. The van der Waals surface area contributed by atoms with Crippen LogP contribution in [0.5, 0.6) is 11.5 Å². The number of rotatable bonds is 10. The second-order valence-corrected chi connectivity index (χ2v) is 5.55. The average molecular weight is 297 g/mol. The van der Waals surface area contributed by atoms with E-state index in [1.54, 1.807) is 28.1 Å². The Hall–Kier alpha value is -1.30. The Labute approximate surface area is 127 Å². The first-order chi connectivity index (χ1) is 9.96. The molecule has 0 heterocycles. The summed E-state index contributed by atoms with van der Waals surface area (Å²) in [5, 5.41) is 13.0. The number of hydrogen-bond acceptors (Lipinski definition) is 5. The third kappa shape index (κ3) is 7.32. The van der Waals surface area contributed by atoms with Gasteiger partial charge in [-0.3, -0.25) is 0 Å². The van der Waals surface area contributed by atoms with Crippen LogP contribution in [0.15, 0.2) is 18.2 Å². The molecule has 0 atom stereocenters. The molecule has 5 nitrogen and oxygen atoms in total. The monoisotopic (exact) mass is 297 g/mol. The Balaban J connectivity index is 2.63. The molecule has 0 spiro atoms. The number of methoxy groups -OCH3 is 2. The van der Waals surface area contributed by atoms with E-state index in [9.17, 15) is 5.11 Å². The Morgan fingerprint density at radius 1 is 1.19 bits per heavy atom. The second kappa shape index (κ2) is 8.87. The second-order valence-electron chi connectivity index (χ2n) is 5.55. The molecule has 0 amide bonds. The fourth-order valence-corrected chi connectivity index (χ4v) is 1.77. The Bertz CT molecular complexity index is 415. The Morgan fingerprint density at radius 3 is 2.57 bits per heavy atom. The van der Waals surface area contributed by atoms with Crippen molar-refractivity contribution < 1.29 is 19.3 Å². The van der Waals surface area contributed by atoms with Gasteiger partial charge in [-0.2, -0.15) is 0 Å². The van der Waals surface area contributed by atoms with Crippen LogP contribution in [0.2, 0.25) is 0 Å². The molecule has 0 aliphatic rings. The topological polar surface area (TPSA) is 60.0 Å². The van der Waals surface area contributed by atoms with Crippen molar-refractivity contribution in [3.05, 3.63) is 23.8 Å². The number of hydrogen-bond donors (Lipinski definition) is 2. The van der Waals surface area contributed by atoms with E-state index in [1.165, 1.54) is 0 Å². The first kappa shape index (κ1) is 17.8. The number of ether oxygens (including phenoxy) is 3. The molecule has 0 fully saturated rings. The van der Waals surface area contributed by atoms with Crippen molar-refractivity contribution in [1.82, 2.24) is 5.32 Å². The van der Waals surface area contributed by atoms with Crippen molar-refractivity contribution in [1.29, 1.82) is 0 Å². The molecule has 0 saturated heterocycles. The molecule has 120 valence electrons. The number of benzene rings is 1. The van der Waals surface area contributed by atoms with Gasteiger partial charge in [-0.05, 0) is 32.0 Å². The van der Waals surface area contributed by atoms with Crippen molar-refractivity contribution in [3.8, 4) is 11.5 Å². The third-order valence-electron chi connectivity index (χ3n) is 3.04. The molecule has 0 aliphatic carbocycles. The molecule has 1 aromatic rings. The summed E-state index contributed by atoms with van der Waals surface area (Å²) in [7, 11) is 3.32. The summed E-state index contributed by atoms with van der Waals surface area (Å²) < 4.78 is 16.0. The van der Waals surface area contributed by atoms with Gasteiger partial charge in [0.1, 0.15) is 11.5 Å². The molecule has 5 heteroatoms. The van der Waals surface area contributed by atoms with Gasteiger partial charge >= 0.3 is 0 Å². The average Bonchev–Trinajstić information content (AvgIpc) is 2.43. The minimum absolute atomic E-state index is 0.473. The van der Waals surface area contributed by atoms with Gasteiger partial charge in [0.25, 0.3) is 0 Å². The van der Waals surface area contributed by atoms with Gasteiger partial charge < -0.3 is 24.6 Å². The van der Waals surface area contributed by atoms with Crippen LogP contribution < -0.4 is 14.8 Å². The lowest BCUT2D eigenvalue weighted by Crippen LogP contribution is -2.22. The van der Waals surface area contributed by atoms with Crippen LogP contribution in [-0.2, 0) is 11.3 Å². The van der Waals surface area contributed by atoms with E-state index in [4.69, 9.17) is 14.2 Å². The molecule has 1 rings (SSSR count). The van der Waals surface area contributed by atoms with Crippen LogP contribution in [0, 0.1) is 0 Å². The number of nitrogens with one attached hydrogen (secondary N) is 1. The highest BCUT2D eigenvalue weighted by molar-refractivity contribution is 5.40. The lowest BCUT2D eigenvalue weighted by atomic mass is 10.1. The quantitative estimate of drug-likeness (QED) is 0.647. The maximum absolute atomic E-state index is 9.72. The van der Waals surface area contributed by atoms with E-state index in [0.29, 0.717) is 26.2 Å². The standard InChI is InChI=1S/C16H27NO4/c1-16(2,18)7-9-21-15-6-5-14(20-4)11-13(15)12-17-8-10-19-3/h5-6,11,17-18H,7-10,12H2,1-4H3. The van der Waals surface area contributed by atoms with Gasteiger partial charge in [-0.25, -0.2) is 0 Å². The molecular formula is C16H27NO4. The molecule has 1 aromatic carbocycles. The lowest BCUT2D eigenvalue weighted by molar-refractivity contribution is 0.0551. The van der Waals surface area contributed by atoms with Crippen LogP contribution in [0.25, 0.3) is 0 Å². The van der Waals surface area contributed by atoms with Gasteiger partial charge in [-0.1, -0.05) is 0 Å². The first-order valence-electron chi connectivity index (χ1n) is 7.18. The van der Waals surface area contributed by atoms with E-state index >= 15 is 0 Å². The minimum Gasteiger partial charge on any atom is -0.497 e. The van der Waals surface area contributed by atoms with Crippen LogP contribution in [0.1, 0.15) is 25.8 Å². The lowest BCUT2D eigenvalue weighted by Gasteiger charge is -2.18. The van der Waals surface area contributed by atoms with Crippen molar-refractivity contribution in [2.24, 2.45) is 0 Å². The molecule has 0 unspecified atom stereocenters. The van der Waals surface area contributed by atoms with Gasteiger partial charge in [0.05, 0.1) is 25.9 Å². The molecule has 0 aliphatic heterocycles. The predicted molar refractivity (Wildman–Crippen MR) is 83.0 cm³/mol. The Morgan fingerprint density at radius 2 is 1.95 bits per heavy atom. The van der Waals surface area contributed by atoms with Crippen molar-refractivity contribution in [3.63, 3.8) is 0 Å². The minimum atomic E-state index is -0.719. The molecule has 0 bridgehead atoms. The molecule has 21 heavy (non-hydrogen) atoms. The van der Waals surface area contributed by atoms with Crippen LogP contribution in [0.4, 0.5) is 0 Å². The van der Waals surface area contributed by atoms with Crippen molar-refractivity contribution in [2.75, 3.05) is 34.0 Å². The van der Waals surface area contributed by atoms with Crippen LogP contribution in [-0.4, -0.2) is 44.7 Å². The summed E-state index contributed by atoms with van der Waals surface area (Å²) >= 11 is 0. The van der Waals surface area contributed by atoms with Crippen molar-refractivity contribution in [2.45, 2.75) is 32.4 Å². The van der Waals surface area contributed by atoms with E-state index in [2.05, 4.69) is 5.32 Å². The molecule has 2 N–H and O–H groups in total. The summed E-state index contributed by atoms with van der Waals surface area (Å²) in [6.45, 7) is 6.14. The zero-order valence-electron chi connectivity index (χ0n) is 13.4. The summed E-state index contributed by atoms with van der Waals surface area (Å²) in [5.41, 5.74) is 0.310. The van der Waals surface area contributed by atoms with Gasteiger partial charge in [-0.15, -0.1) is 0 Å². The van der Waals surface area contributed by atoms with E-state index < -0.39 is 5.60 Å². The van der Waals surface area contributed by atoms with E-state index in [-0.39, 0.29) is 0 Å². The molecule has 0 saturated carbocycles. The predicted octanol–water partition coefficient (Wildman–Crippen LogP) is 1.97. The summed E-state index contributed by atoms with van der Waals surface area (Å²) in [5.74, 6) is 1.61. The summed E-state index contributed by atoms with van der Waals surface area (Å²) in [6, 6.07) is 5.73. The highest BCUT2D eigenvalue weighted by atomic mass is 16.5. The summed E-state index contributed by atoms with van der Waals surface area (Å²) in [4.78, 5) is 0. The Kier molecular flexibility index (Phi) is 7.50. The normalized spacial score (nSPS) is 11.5. The van der Waals surface area contributed by atoms with E-state index in [1.807, 2.05) is 18.2 Å². The van der Waals surface area contributed by atoms with Gasteiger partial charge in [0.2, 0.25) is 0 Å². The number of aliphatic hydroxyl groups is 1. The highest BCUT2D eigenvalue weighted by Gasteiger charge is 2.13. The maximum atomic E-state index is 9.72. The zero-order valence-corrected chi connectivity index (χ0v) is 13.4. The van der Waals surface area contributed by atoms with Crippen LogP contribution in [0.3, 0.4) is 0 Å². The highest BCUT2D eigenvalue weighted by Crippen LogP contribution is 2.24. The fraction of sp³-hybridized carbons (Fsp3) is 0.625. The van der Waals surface area contributed by atoms with Crippen molar-refractivity contribution >= 4 is 0 Å². The third-order valence-corrected chi connectivity index (χ3v) is 3.04. The molecule has 0 radical (unpaired) electrons. The molecule has 0 aromatic heterocycles. The smallest absolute Gasteiger partial charge is 0.124 e. The molecular weight excluding hydrogens is 270 g/mol. The van der Waals surface area contributed by atoms with Gasteiger partial charge in [0, 0.05) is 32.2 Å². The maximum Gasteiger partial charge on any atom is 0.124 e. The zero-order chi connectivity index (χ0) is 15.7. The van der Waals surface area contributed by atoms with E-state index in [0.717, 1.165) is 23.6 Å². The summed E-state index contributed by atoms with van der Waals surface area (Å²) in [6.07, 6.45) is 0.579.